The van der Waals surface area contributed by atoms with Crippen LogP contribution in [-0.4, -0.2) is 52.3 Å². The molecule has 0 saturated heterocycles. The lowest BCUT2D eigenvalue weighted by Crippen LogP contribution is -2.57. The van der Waals surface area contributed by atoms with E-state index in [9.17, 15) is 4.79 Å². The highest BCUT2D eigenvalue weighted by atomic mass is 32.2. The van der Waals surface area contributed by atoms with Crippen molar-refractivity contribution in [2.24, 2.45) is 0 Å². The summed E-state index contributed by atoms with van der Waals surface area (Å²) < 4.78 is 0. The Balaban J connectivity index is 2.61. The summed E-state index contributed by atoms with van der Waals surface area (Å²) in [6.45, 7) is 2.41. The smallest absolute Gasteiger partial charge is 0.231 e. The van der Waals surface area contributed by atoms with Crippen molar-refractivity contribution in [3.8, 4) is 0 Å². The van der Waals surface area contributed by atoms with Gasteiger partial charge in [-0.1, -0.05) is 17.7 Å². The summed E-state index contributed by atoms with van der Waals surface area (Å²) in [5.41, 5.74) is 0.847. The Morgan fingerprint density at radius 2 is 1.80 bits per heavy atom. The molecule has 0 aromatic heterocycles. The predicted octanol–water partition coefficient (Wildman–Crippen LogP) is 0.227. The van der Waals surface area contributed by atoms with Crippen LogP contribution in [0.15, 0.2) is 23.1 Å². The Morgan fingerprint density at radius 3 is 2.35 bits per heavy atom. The lowest BCUT2D eigenvalue weighted by atomic mass is 10.0. The Bertz CT molecular complexity index is 452. The maximum Gasteiger partial charge on any atom is 0.231 e. The van der Waals surface area contributed by atoms with Crippen LogP contribution in [0.5, 0.6) is 0 Å². The molecule has 0 atom stereocenters. The van der Waals surface area contributed by atoms with Crippen LogP contribution >= 0.6 is 11.8 Å². The average molecular weight is 299 g/mol. The standard InChI is InChI=1S/C14H21NO4S/c1-10-3-4-11(2)12(5-10)20-6-13(19)15-14(7-16,8-17)9-18/h3-5,16-18H,6-9H2,1-2H3,(H,15,19). The van der Waals surface area contributed by atoms with Crippen molar-refractivity contribution in [3.63, 3.8) is 0 Å². The second-order valence-electron chi connectivity index (χ2n) is 4.86. The molecule has 0 heterocycles. The Labute approximate surface area is 123 Å². The third kappa shape index (κ3) is 4.49. The third-order valence-corrected chi connectivity index (χ3v) is 4.17. The van der Waals surface area contributed by atoms with Gasteiger partial charge in [-0.25, -0.2) is 0 Å². The van der Waals surface area contributed by atoms with E-state index in [-0.39, 0.29) is 11.7 Å². The van der Waals surface area contributed by atoms with Crippen molar-refractivity contribution < 1.29 is 20.1 Å². The van der Waals surface area contributed by atoms with Gasteiger partial charge in [0, 0.05) is 4.90 Å². The van der Waals surface area contributed by atoms with Crippen LogP contribution in [0.3, 0.4) is 0 Å². The van der Waals surface area contributed by atoms with Gasteiger partial charge in [-0.2, -0.15) is 0 Å². The van der Waals surface area contributed by atoms with E-state index < -0.39 is 25.4 Å². The third-order valence-electron chi connectivity index (χ3n) is 3.01. The van der Waals surface area contributed by atoms with Crippen molar-refractivity contribution in [3.05, 3.63) is 29.3 Å². The first kappa shape index (κ1) is 17.0. The number of nitrogens with one attached hydrogen (secondary N) is 1. The number of hydrogen-bond donors (Lipinski definition) is 4. The van der Waals surface area contributed by atoms with Gasteiger partial charge in [0.05, 0.1) is 25.6 Å². The molecule has 4 N–H and O–H groups in total. The molecule has 0 saturated carbocycles. The summed E-state index contributed by atoms with van der Waals surface area (Å²) in [6.07, 6.45) is 0. The molecule has 20 heavy (non-hydrogen) atoms. The number of aryl methyl sites for hydroxylation is 2. The first-order valence-corrected chi connectivity index (χ1v) is 7.28. The van der Waals surface area contributed by atoms with Crippen LogP contribution in [0.4, 0.5) is 0 Å². The number of rotatable bonds is 7. The minimum atomic E-state index is -1.36. The number of carbonyl (C=O) groups excluding carboxylic acids is 1. The Kier molecular flexibility index (Phi) is 6.48. The fraction of sp³-hybridized carbons (Fsp3) is 0.500. The van der Waals surface area contributed by atoms with Crippen LogP contribution < -0.4 is 5.32 Å². The predicted molar refractivity (Wildman–Crippen MR) is 78.8 cm³/mol. The number of hydrogen-bond acceptors (Lipinski definition) is 5. The normalized spacial score (nSPS) is 11.4. The second kappa shape index (κ2) is 7.64. The van der Waals surface area contributed by atoms with Crippen molar-refractivity contribution in [1.82, 2.24) is 5.32 Å². The zero-order valence-corrected chi connectivity index (χ0v) is 12.5. The highest BCUT2D eigenvalue weighted by Crippen LogP contribution is 2.23. The summed E-state index contributed by atoms with van der Waals surface area (Å²) >= 11 is 1.38. The Morgan fingerprint density at radius 1 is 1.20 bits per heavy atom. The number of amides is 1. The number of aliphatic hydroxyl groups excluding tert-OH is 3. The van der Waals surface area contributed by atoms with Crippen molar-refractivity contribution in [2.75, 3.05) is 25.6 Å². The van der Waals surface area contributed by atoms with E-state index in [1.165, 1.54) is 11.8 Å². The molecule has 1 aromatic rings. The summed E-state index contributed by atoms with van der Waals surface area (Å²) in [4.78, 5) is 12.9. The fourth-order valence-electron chi connectivity index (χ4n) is 1.61. The number of carbonyl (C=O) groups is 1. The van der Waals surface area contributed by atoms with E-state index in [1.807, 2.05) is 32.0 Å². The van der Waals surface area contributed by atoms with Crippen molar-refractivity contribution in [1.29, 1.82) is 0 Å². The molecule has 0 aliphatic carbocycles. The van der Waals surface area contributed by atoms with Gasteiger partial charge >= 0.3 is 0 Å². The molecule has 1 rings (SSSR count). The molecule has 0 unspecified atom stereocenters. The summed E-state index contributed by atoms with van der Waals surface area (Å²) in [5.74, 6) is -0.181. The van der Waals surface area contributed by atoms with E-state index in [1.54, 1.807) is 0 Å². The first-order chi connectivity index (χ1) is 9.46. The first-order valence-electron chi connectivity index (χ1n) is 6.30. The quantitative estimate of drug-likeness (QED) is 0.541. The number of benzene rings is 1. The van der Waals surface area contributed by atoms with Gasteiger partial charge in [0.1, 0.15) is 5.54 Å². The van der Waals surface area contributed by atoms with Gasteiger partial charge in [0.2, 0.25) is 5.91 Å². The zero-order valence-electron chi connectivity index (χ0n) is 11.7. The van der Waals surface area contributed by atoms with Crippen LogP contribution in [0, 0.1) is 13.8 Å². The zero-order chi connectivity index (χ0) is 15.2. The summed E-state index contributed by atoms with van der Waals surface area (Å²) in [6, 6.07) is 6.01. The van der Waals surface area contributed by atoms with Gasteiger partial charge in [0.15, 0.2) is 0 Å². The lowest BCUT2D eigenvalue weighted by molar-refractivity contribution is -0.122. The SMILES string of the molecule is Cc1ccc(C)c(SCC(=O)NC(CO)(CO)CO)c1. The highest BCUT2D eigenvalue weighted by Gasteiger charge is 2.29. The van der Waals surface area contributed by atoms with Gasteiger partial charge in [0.25, 0.3) is 0 Å². The maximum atomic E-state index is 11.8. The molecule has 0 spiro atoms. The van der Waals surface area contributed by atoms with E-state index in [4.69, 9.17) is 15.3 Å². The molecule has 6 heteroatoms. The van der Waals surface area contributed by atoms with Gasteiger partial charge in [-0.3, -0.25) is 4.79 Å². The molecule has 0 aliphatic heterocycles. The summed E-state index contributed by atoms with van der Waals surface area (Å²) in [7, 11) is 0. The molecular weight excluding hydrogens is 278 g/mol. The minimum Gasteiger partial charge on any atom is -0.394 e. The molecule has 112 valence electrons. The molecule has 0 radical (unpaired) electrons. The number of aliphatic hydroxyl groups is 3. The van der Waals surface area contributed by atoms with Gasteiger partial charge in [-0.15, -0.1) is 11.8 Å². The van der Waals surface area contributed by atoms with Gasteiger partial charge in [-0.05, 0) is 25.5 Å². The number of thioether (sulfide) groups is 1. The molecule has 1 aromatic carbocycles. The fourth-order valence-corrected chi connectivity index (χ4v) is 2.53. The largest absolute Gasteiger partial charge is 0.394 e. The topological polar surface area (TPSA) is 89.8 Å². The van der Waals surface area contributed by atoms with E-state index in [2.05, 4.69) is 5.32 Å². The van der Waals surface area contributed by atoms with E-state index in [0.717, 1.165) is 16.0 Å². The summed E-state index contributed by atoms with van der Waals surface area (Å²) in [5, 5.41) is 29.9. The van der Waals surface area contributed by atoms with Crippen LogP contribution in [-0.2, 0) is 4.79 Å². The van der Waals surface area contributed by atoms with E-state index >= 15 is 0 Å². The van der Waals surface area contributed by atoms with Crippen LogP contribution in [0.25, 0.3) is 0 Å². The van der Waals surface area contributed by atoms with E-state index in [0.29, 0.717) is 0 Å². The van der Waals surface area contributed by atoms with Gasteiger partial charge < -0.3 is 20.6 Å². The van der Waals surface area contributed by atoms with Crippen molar-refractivity contribution >= 4 is 17.7 Å². The average Bonchev–Trinajstić information content (AvgIpc) is 2.46. The monoisotopic (exact) mass is 299 g/mol. The highest BCUT2D eigenvalue weighted by molar-refractivity contribution is 8.00. The Hall–Kier alpha value is -1.08. The molecule has 1 amide bonds. The molecule has 0 aliphatic rings. The van der Waals surface area contributed by atoms with Crippen LogP contribution in [0.1, 0.15) is 11.1 Å². The minimum absolute atomic E-state index is 0.159. The second-order valence-corrected chi connectivity index (χ2v) is 5.88. The molecule has 5 nitrogen and oxygen atoms in total. The molecule has 0 bridgehead atoms. The van der Waals surface area contributed by atoms with Crippen LogP contribution in [0.2, 0.25) is 0 Å². The maximum absolute atomic E-state index is 11.8. The van der Waals surface area contributed by atoms with Crippen molar-refractivity contribution in [2.45, 2.75) is 24.3 Å². The lowest BCUT2D eigenvalue weighted by Gasteiger charge is -2.28. The molecule has 0 fully saturated rings. The molecular formula is C14H21NO4S.